The van der Waals surface area contributed by atoms with E-state index in [9.17, 15) is 10.0 Å². The summed E-state index contributed by atoms with van der Waals surface area (Å²) < 4.78 is 4.89. The molecule has 0 amide bonds. The van der Waals surface area contributed by atoms with E-state index < -0.39 is 12.0 Å². The number of allylic oxidation sites excluding steroid dienone is 2. The van der Waals surface area contributed by atoms with Crippen molar-refractivity contribution in [1.29, 1.82) is 0 Å². The van der Waals surface area contributed by atoms with Gasteiger partial charge in [-0.1, -0.05) is 0 Å². The SMILES string of the molecule is CCOC(=O)C1=C(C)C=C[NH+]([O-])C1CCl. The molecule has 15 heavy (non-hydrogen) atoms. The Labute approximate surface area is 93.7 Å². The van der Waals surface area contributed by atoms with E-state index in [4.69, 9.17) is 16.3 Å². The van der Waals surface area contributed by atoms with Gasteiger partial charge in [0.05, 0.1) is 24.3 Å². The summed E-state index contributed by atoms with van der Waals surface area (Å²) >= 11 is 5.68. The zero-order chi connectivity index (χ0) is 11.4. The van der Waals surface area contributed by atoms with Crippen LogP contribution >= 0.6 is 11.6 Å². The van der Waals surface area contributed by atoms with Crippen LogP contribution in [-0.4, -0.2) is 24.5 Å². The average Bonchev–Trinajstić information content (AvgIpc) is 2.21. The minimum absolute atomic E-state index is 0.106. The Kier molecular flexibility index (Phi) is 4.32. The minimum Gasteiger partial charge on any atom is -0.629 e. The summed E-state index contributed by atoms with van der Waals surface area (Å²) in [7, 11) is 0. The Morgan fingerprint density at radius 3 is 2.93 bits per heavy atom. The summed E-state index contributed by atoms with van der Waals surface area (Å²) in [5, 5.41) is 11.3. The standard InChI is InChI=1S/C10H14ClNO3/c1-3-15-10(13)9-7(2)4-5-12(14)8(9)6-11/h4-5,8,12H,3,6H2,1-2H3. The zero-order valence-electron chi connectivity index (χ0n) is 8.75. The number of carbonyl (C=O) groups excluding carboxylic acids is 1. The molecule has 5 heteroatoms. The van der Waals surface area contributed by atoms with E-state index in [1.165, 1.54) is 6.20 Å². The third-order valence-corrected chi connectivity index (χ3v) is 2.57. The van der Waals surface area contributed by atoms with Gasteiger partial charge < -0.3 is 15.0 Å². The van der Waals surface area contributed by atoms with Gasteiger partial charge >= 0.3 is 5.97 Å². The highest BCUT2D eigenvalue weighted by Gasteiger charge is 2.30. The lowest BCUT2D eigenvalue weighted by atomic mass is 10.00. The van der Waals surface area contributed by atoms with Crippen molar-refractivity contribution in [3.8, 4) is 0 Å². The Hall–Kier alpha value is -0.840. The fourth-order valence-electron chi connectivity index (χ4n) is 1.50. The first-order valence-corrected chi connectivity index (χ1v) is 5.31. The third kappa shape index (κ3) is 2.59. The number of hydrogen-bond donors (Lipinski definition) is 1. The van der Waals surface area contributed by atoms with Crippen LogP contribution in [0.25, 0.3) is 0 Å². The Bertz CT molecular complexity index is 312. The molecular weight excluding hydrogens is 218 g/mol. The van der Waals surface area contributed by atoms with Gasteiger partial charge in [0.15, 0.2) is 0 Å². The van der Waals surface area contributed by atoms with Crippen molar-refractivity contribution in [1.82, 2.24) is 0 Å². The molecule has 0 saturated carbocycles. The van der Waals surface area contributed by atoms with Crippen molar-refractivity contribution < 1.29 is 14.6 Å². The molecule has 0 spiro atoms. The Balaban J connectivity index is 2.98. The zero-order valence-corrected chi connectivity index (χ0v) is 9.50. The van der Waals surface area contributed by atoms with E-state index in [-0.39, 0.29) is 10.9 Å². The molecule has 0 radical (unpaired) electrons. The van der Waals surface area contributed by atoms with Crippen LogP contribution in [0.2, 0.25) is 0 Å². The van der Waals surface area contributed by atoms with Crippen molar-refractivity contribution in [3.05, 3.63) is 28.6 Å². The van der Waals surface area contributed by atoms with Crippen molar-refractivity contribution >= 4 is 17.6 Å². The number of hydrogen-bond acceptors (Lipinski definition) is 3. The monoisotopic (exact) mass is 231 g/mol. The van der Waals surface area contributed by atoms with Crippen LogP contribution in [0.5, 0.6) is 0 Å². The lowest BCUT2D eigenvalue weighted by Crippen LogP contribution is -3.08. The van der Waals surface area contributed by atoms with E-state index in [1.54, 1.807) is 19.9 Å². The van der Waals surface area contributed by atoms with Gasteiger partial charge in [-0.25, -0.2) is 4.79 Å². The van der Waals surface area contributed by atoms with Crippen LogP contribution in [-0.2, 0) is 9.53 Å². The van der Waals surface area contributed by atoms with Gasteiger partial charge in [-0.05, 0) is 25.5 Å². The Morgan fingerprint density at radius 1 is 1.73 bits per heavy atom. The van der Waals surface area contributed by atoms with Crippen LogP contribution in [0.1, 0.15) is 13.8 Å². The summed E-state index contributed by atoms with van der Waals surface area (Å²) in [6.45, 7) is 3.79. The van der Waals surface area contributed by atoms with Crippen molar-refractivity contribution in [2.24, 2.45) is 0 Å². The number of hydroxylamine groups is 2. The first kappa shape index (κ1) is 12.2. The maximum Gasteiger partial charge on any atom is 0.340 e. The number of carbonyl (C=O) groups is 1. The van der Waals surface area contributed by atoms with Crippen LogP contribution in [0, 0.1) is 5.21 Å². The van der Waals surface area contributed by atoms with E-state index in [0.717, 1.165) is 5.57 Å². The highest BCUT2D eigenvalue weighted by atomic mass is 35.5. The molecule has 1 heterocycles. The lowest BCUT2D eigenvalue weighted by Gasteiger charge is -2.31. The quantitative estimate of drug-likeness (QED) is 0.434. The van der Waals surface area contributed by atoms with Gasteiger partial charge in [-0.15, -0.1) is 11.6 Å². The highest BCUT2D eigenvalue weighted by Crippen LogP contribution is 2.15. The number of rotatable bonds is 3. The van der Waals surface area contributed by atoms with Crippen LogP contribution < -0.4 is 5.06 Å². The summed E-state index contributed by atoms with van der Waals surface area (Å²) in [5.74, 6) is -0.340. The first-order chi connectivity index (χ1) is 7.11. The lowest BCUT2D eigenvalue weighted by molar-refractivity contribution is -0.811. The van der Waals surface area contributed by atoms with Crippen molar-refractivity contribution in [3.63, 3.8) is 0 Å². The Morgan fingerprint density at radius 2 is 2.40 bits per heavy atom. The molecule has 0 bridgehead atoms. The van der Waals surface area contributed by atoms with Gasteiger partial charge in [0.2, 0.25) is 0 Å². The first-order valence-electron chi connectivity index (χ1n) is 4.77. The summed E-state index contributed by atoms with van der Waals surface area (Å²) in [4.78, 5) is 11.6. The smallest absolute Gasteiger partial charge is 0.340 e. The fourth-order valence-corrected chi connectivity index (χ4v) is 1.80. The van der Waals surface area contributed by atoms with Gasteiger partial charge in [0, 0.05) is 0 Å². The molecule has 2 atom stereocenters. The number of nitrogens with one attached hydrogen (secondary N) is 1. The van der Waals surface area contributed by atoms with Crippen LogP contribution in [0.4, 0.5) is 0 Å². The average molecular weight is 232 g/mol. The summed E-state index contributed by atoms with van der Waals surface area (Å²) in [6, 6.07) is -0.560. The van der Waals surface area contributed by atoms with Gasteiger partial charge in [0.1, 0.15) is 6.04 Å². The van der Waals surface area contributed by atoms with Gasteiger partial charge in [-0.3, -0.25) is 0 Å². The molecule has 0 aromatic rings. The molecule has 0 aromatic carbocycles. The maximum atomic E-state index is 11.6. The van der Waals surface area contributed by atoms with E-state index in [2.05, 4.69) is 0 Å². The molecule has 0 saturated heterocycles. The number of alkyl halides is 1. The predicted octanol–water partition coefficient (Wildman–Crippen LogP) is 0.383. The topological polar surface area (TPSA) is 53.8 Å². The molecule has 1 aliphatic rings. The molecule has 1 rings (SSSR count). The van der Waals surface area contributed by atoms with E-state index >= 15 is 0 Å². The molecule has 0 aliphatic carbocycles. The number of quaternary nitrogens is 1. The predicted molar refractivity (Wildman–Crippen MR) is 57.3 cm³/mol. The summed E-state index contributed by atoms with van der Waals surface area (Å²) in [5.41, 5.74) is 1.14. The number of esters is 1. The molecule has 0 fully saturated rings. The molecule has 1 aliphatic heterocycles. The maximum absolute atomic E-state index is 11.6. The molecule has 2 unspecified atom stereocenters. The van der Waals surface area contributed by atoms with Crippen LogP contribution in [0.15, 0.2) is 23.4 Å². The molecule has 0 aromatic heterocycles. The third-order valence-electron chi connectivity index (χ3n) is 2.26. The second-order valence-electron chi connectivity index (χ2n) is 3.26. The van der Waals surface area contributed by atoms with Gasteiger partial charge in [0.25, 0.3) is 0 Å². The minimum atomic E-state index is -0.560. The molecule has 1 N–H and O–H groups in total. The van der Waals surface area contributed by atoms with Crippen molar-refractivity contribution in [2.75, 3.05) is 12.5 Å². The van der Waals surface area contributed by atoms with Crippen molar-refractivity contribution in [2.45, 2.75) is 19.9 Å². The molecule has 84 valence electrons. The van der Waals surface area contributed by atoms with Crippen LogP contribution in [0.3, 0.4) is 0 Å². The largest absolute Gasteiger partial charge is 0.629 e. The molecular formula is C10H14ClNO3. The highest BCUT2D eigenvalue weighted by molar-refractivity contribution is 6.18. The molecule has 4 nitrogen and oxygen atoms in total. The van der Waals surface area contributed by atoms with E-state index in [0.29, 0.717) is 12.2 Å². The van der Waals surface area contributed by atoms with E-state index in [1.807, 2.05) is 0 Å². The second-order valence-corrected chi connectivity index (χ2v) is 3.57. The fraction of sp³-hybridized carbons (Fsp3) is 0.500. The number of halogens is 1. The van der Waals surface area contributed by atoms with Gasteiger partial charge in [-0.2, -0.15) is 0 Å². The second kappa shape index (κ2) is 5.30. The summed E-state index contributed by atoms with van der Waals surface area (Å²) in [6.07, 6.45) is 3.07. The number of ether oxygens (including phenoxy) is 1. The normalized spacial score (nSPS) is 25.6.